The van der Waals surface area contributed by atoms with Gasteiger partial charge in [0.2, 0.25) is 0 Å². The Morgan fingerprint density at radius 2 is 1.92 bits per heavy atom. The van der Waals surface area contributed by atoms with Crippen LogP contribution in [0.2, 0.25) is 0 Å². The van der Waals surface area contributed by atoms with Crippen LogP contribution in [-0.2, 0) is 0 Å². The fourth-order valence-electron chi connectivity index (χ4n) is 3.42. The Balaban J connectivity index is 1.65. The van der Waals surface area contributed by atoms with Gasteiger partial charge in [0, 0.05) is 37.3 Å². The van der Waals surface area contributed by atoms with Gasteiger partial charge in [-0.1, -0.05) is 29.8 Å². The first kappa shape index (κ1) is 16.7. The Morgan fingerprint density at radius 3 is 2.73 bits per heavy atom. The van der Waals surface area contributed by atoms with E-state index in [1.54, 1.807) is 0 Å². The zero-order chi connectivity index (χ0) is 17.9. The molecule has 1 aliphatic heterocycles. The van der Waals surface area contributed by atoms with E-state index in [-0.39, 0.29) is 6.04 Å². The highest BCUT2D eigenvalue weighted by Gasteiger charge is 2.14. The number of aromatic nitrogens is 3. The van der Waals surface area contributed by atoms with E-state index in [0.29, 0.717) is 0 Å². The highest BCUT2D eigenvalue weighted by Crippen LogP contribution is 2.27. The molecule has 2 heterocycles. The second-order valence-electron chi connectivity index (χ2n) is 6.86. The minimum absolute atomic E-state index is 0.137. The van der Waals surface area contributed by atoms with Crippen LogP contribution in [0.4, 0.5) is 11.5 Å². The van der Waals surface area contributed by atoms with Crippen LogP contribution in [0.1, 0.15) is 24.1 Å². The molecular formula is C20H24N6. The highest BCUT2D eigenvalue weighted by molar-refractivity contribution is 5.91. The number of fused-ring (bicyclic) bond motifs is 1. The highest BCUT2D eigenvalue weighted by atomic mass is 15.3. The normalized spacial score (nSPS) is 15.8. The summed E-state index contributed by atoms with van der Waals surface area (Å²) in [6.45, 7) is 8.31. The van der Waals surface area contributed by atoms with Crippen molar-refractivity contribution in [1.82, 2.24) is 20.7 Å². The van der Waals surface area contributed by atoms with Crippen molar-refractivity contribution in [3.8, 4) is 0 Å². The molecule has 134 valence electrons. The second-order valence-corrected chi connectivity index (χ2v) is 6.86. The SMILES string of the molecule is Cc1cccc([C@@H](C)Nc2nnnc3ccc(N4CCNCC4)cc23)c1. The van der Waals surface area contributed by atoms with Crippen molar-refractivity contribution < 1.29 is 0 Å². The molecule has 2 aromatic carbocycles. The molecule has 0 spiro atoms. The summed E-state index contributed by atoms with van der Waals surface area (Å²) in [6.07, 6.45) is 0. The van der Waals surface area contributed by atoms with Gasteiger partial charge in [-0.2, -0.15) is 0 Å². The number of aryl methyl sites for hydroxylation is 1. The van der Waals surface area contributed by atoms with Gasteiger partial charge in [-0.25, -0.2) is 0 Å². The van der Waals surface area contributed by atoms with Gasteiger partial charge < -0.3 is 15.5 Å². The summed E-state index contributed by atoms with van der Waals surface area (Å²) < 4.78 is 0. The fourth-order valence-corrected chi connectivity index (χ4v) is 3.42. The van der Waals surface area contributed by atoms with E-state index >= 15 is 0 Å². The van der Waals surface area contributed by atoms with Gasteiger partial charge >= 0.3 is 0 Å². The van der Waals surface area contributed by atoms with Crippen LogP contribution < -0.4 is 15.5 Å². The minimum Gasteiger partial charge on any atom is -0.369 e. The van der Waals surface area contributed by atoms with Gasteiger partial charge in [0.05, 0.1) is 11.6 Å². The maximum Gasteiger partial charge on any atom is 0.160 e. The van der Waals surface area contributed by atoms with Gasteiger partial charge in [0.15, 0.2) is 5.82 Å². The van der Waals surface area contributed by atoms with Crippen LogP contribution in [-0.4, -0.2) is 41.6 Å². The minimum atomic E-state index is 0.137. The number of benzene rings is 2. The molecule has 1 aromatic heterocycles. The van der Waals surface area contributed by atoms with E-state index in [9.17, 15) is 0 Å². The van der Waals surface area contributed by atoms with E-state index in [0.717, 1.165) is 42.9 Å². The molecule has 4 rings (SSSR count). The number of nitrogens with one attached hydrogen (secondary N) is 2. The van der Waals surface area contributed by atoms with Gasteiger partial charge in [-0.3, -0.25) is 0 Å². The first-order chi connectivity index (χ1) is 12.7. The van der Waals surface area contributed by atoms with Gasteiger partial charge in [0.25, 0.3) is 0 Å². The van der Waals surface area contributed by atoms with Crippen LogP contribution in [0.5, 0.6) is 0 Å². The average Bonchev–Trinajstić information content (AvgIpc) is 2.68. The zero-order valence-electron chi connectivity index (χ0n) is 15.2. The molecule has 1 saturated heterocycles. The van der Waals surface area contributed by atoms with Crippen molar-refractivity contribution in [2.24, 2.45) is 0 Å². The quantitative estimate of drug-likeness (QED) is 0.756. The summed E-state index contributed by atoms with van der Waals surface area (Å²) in [5.74, 6) is 0.779. The topological polar surface area (TPSA) is 66.0 Å². The molecule has 0 unspecified atom stereocenters. The van der Waals surface area contributed by atoms with Crippen LogP contribution in [0.3, 0.4) is 0 Å². The third-order valence-electron chi connectivity index (χ3n) is 4.91. The number of hydrogen-bond donors (Lipinski definition) is 2. The molecular weight excluding hydrogens is 324 g/mol. The van der Waals surface area contributed by atoms with E-state index in [1.165, 1.54) is 16.8 Å². The second kappa shape index (κ2) is 7.25. The Bertz CT molecular complexity index is 904. The monoisotopic (exact) mass is 348 g/mol. The van der Waals surface area contributed by atoms with Gasteiger partial charge in [-0.05, 0) is 42.8 Å². The van der Waals surface area contributed by atoms with Crippen molar-refractivity contribution in [3.05, 3.63) is 53.6 Å². The molecule has 0 radical (unpaired) electrons. The molecule has 6 heteroatoms. The van der Waals surface area contributed by atoms with E-state index < -0.39 is 0 Å². The van der Waals surface area contributed by atoms with Crippen LogP contribution in [0.25, 0.3) is 10.9 Å². The molecule has 1 fully saturated rings. The summed E-state index contributed by atoms with van der Waals surface area (Å²) in [5, 5.41) is 20.3. The lowest BCUT2D eigenvalue weighted by Crippen LogP contribution is -2.43. The molecule has 1 aliphatic rings. The number of anilines is 2. The first-order valence-corrected chi connectivity index (χ1v) is 9.12. The van der Waals surface area contributed by atoms with Crippen LogP contribution in [0.15, 0.2) is 42.5 Å². The summed E-state index contributed by atoms with van der Waals surface area (Å²) in [5.41, 5.74) is 4.55. The Labute approximate surface area is 153 Å². The maximum atomic E-state index is 4.28. The lowest BCUT2D eigenvalue weighted by Gasteiger charge is -2.29. The van der Waals surface area contributed by atoms with Crippen molar-refractivity contribution in [1.29, 1.82) is 0 Å². The number of nitrogens with zero attached hydrogens (tertiary/aromatic N) is 4. The van der Waals surface area contributed by atoms with E-state index in [4.69, 9.17) is 0 Å². The average molecular weight is 348 g/mol. The van der Waals surface area contributed by atoms with Crippen molar-refractivity contribution in [3.63, 3.8) is 0 Å². The Hall–Kier alpha value is -2.73. The zero-order valence-corrected chi connectivity index (χ0v) is 15.2. The van der Waals surface area contributed by atoms with Gasteiger partial charge in [0.1, 0.15) is 0 Å². The largest absolute Gasteiger partial charge is 0.369 e. The summed E-state index contributed by atoms with van der Waals surface area (Å²) in [4.78, 5) is 2.39. The maximum absolute atomic E-state index is 4.28. The summed E-state index contributed by atoms with van der Waals surface area (Å²) in [7, 11) is 0. The fraction of sp³-hybridized carbons (Fsp3) is 0.350. The third kappa shape index (κ3) is 3.46. The Morgan fingerprint density at radius 1 is 1.08 bits per heavy atom. The van der Waals surface area contributed by atoms with Crippen LogP contribution >= 0.6 is 0 Å². The molecule has 2 N–H and O–H groups in total. The van der Waals surface area contributed by atoms with Crippen LogP contribution in [0, 0.1) is 6.92 Å². The number of piperazine rings is 1. The van der Waals surface area contributed by atoms with E-state index in [2.05, 4.69) is 81.2 Å². The number of rotatable bonds is 4. The predicted molar refractivity (Wildman–Crippen MR) is 106 cm³/mol. The smallest absolute Gasteiger partial charge is 0.160 e. The van der Waals surface area contributed by atoms with Crippen molar-refractivity contribution in [2.45, 2.75) is 19.9 Å². The molecule has 3 aromatic rings. The molecule has 0 aliphatic carbocycles. The number of hydrogen-bond acceptors (Lipinski definition) is 6. The molecule has 0 saturated carbocycles. The lowest BCUT2D eigenvalue weighted by molar-refractivity contribution is 0.589. The molecule has 26 heavy (non-hydrogen) atoms. The van der Waals surface area contributed by atoms with Crippen molar-refractivity contribution >= 4 is 22.4 Å². The molecule has 0 bridgehead atoms. The lowest BCUT2D eigenvalue weighted by atomic mass is 10.1. The Kier molecular flexibility index (Phi) is 4.67. The van der Waals surface area contributed by atoms with Gasteiger partial charge in [-0.15, -0.1) is 10.2 Å². The summed E-state index contributed by atoms with van der Waals surface area (Å²) >= 11 is 0. The first-order valence-electron chi connectivity index (χ1n) is 9.12. The predicted octanol–water partition coefficient (Wildman–Crippen LogP) is 2.92. The third-order valence-corrected chi connectivity index (χ3v) is 4.91. The molecule has 0 amide bonds. The molecule has 6 nitrogen and oxygen atoms in total. The standard InChI is InChI=1S/C20H24N6/c1-14-4-3-5-16(12-14)15(2)22-20-18-13-17(26-10-8-21-9-11-26)6-7-19(18)23-25-24-20/h3-7,12-13,15,21H,8-11H2,1-2H3,(H,22,23,24)/t15-/m1/s1. The van der Waals surface area contributed by atoms with E-state index in [1.807, 2.05) is 6.07 Å². The molecule has 1 atom stereocenters. The van der Waals surface area contributed by atoms with Crippen molar-refractivity contribution in [2.75, 3.05) is 36.4 Å². The summed E-state index contributed by atoms with van der Waals surface area (Å²) in [6, 6.07) is 15.0.